The molecule has 8 rings (SSSR count). The molecular formula is C34H20N2O. The third-order valence-electron chi connectivity index (χ3n) is 7.35. The second-order valence-corrected chi connectivity index (χ2v) is 9.45. The van der Waals surface area contributed by atoms with Gasteiger partial charge in [0.1, 0.15) is 11.2 Å². The van der Waals surface area contributed by atoms with Crippen molar-refractivity contribution >= 4 is 54.5 Å². The van der Waals surface area contributed by atoms with Crippen molar-refractivity contribution in [1.82, 2.24) is 9.97 Å². The summed E-state index contributed by atoms with van der Waals surface area (Å²) < 4.78 is 6.03. The summed E-state index contributed by atoms with van der Waals surface area (Å²) in [6.45, 7) is 0. The largest absolute Gasteiger partial charge is 0.456 e. The van der Waals surface area contributed by atoms with Gasteiger partial charge in [0.25, 0.3) is 0 Å². The average molecular weight is 473 g/mol. The summed E-state index contributed by atoms with van der Waals surface area (Å²) in [6.07, 6.45) is 3.54. The van der Waals surface area contributed by atoms with Gasteiger partial charge in [0, 0.05) is 33.9 Å². The zero-order chi connectivity index (χ0) is 24.3. The van der Waals surface area contributed by atoms with E-state index in [1.54, 1.807) is 12.4 Å². The number of furan rings is 1. The van der Waals surface area contributed by atoms with Gasteiger partial charge in [-0.05, 0) is 63.4 Å². The van der Waals surface area contributed by atoms with Crippen LogP contribution >= 0.6 is 0 Å². The van der Waals surface area contributed by atoms with E-state index in [0.717, 1.165) is 43.7 Å². The minimum atomic E-state index is 0.915. The highest BCUT2D eigenvalue weighted by molar-refractivity contribution is 6.23. The normalized spacial score (nSPS) is 11.8. The fourth-order valence-electron chi connectivity index (χ4n) is 5.59. The molecule has 0 aliphatic carbocycles. The van der Waals surface area contributed by atoms with Gasteiger partial charge in [0.05, 0.1) is 11.0 Å². The first kappa shape index (κ1) is 20.2. The fourth-order valence-corrected chi connectivity index (χ4v) is 5.59. The van der Waals surface area contributed by atoms with Crippen LogP contribution in [0.2, 0.25) is 0 Å². The van der Waals surface area contributed by atoms with E-state index >= 15 is 0 Å². The lowest BCUT2D eigenvalue weighted by Gasteiger charge is -2.11. The number of fused-ring (bicyclic) bond motifs is 9. The van der Waals surface area contributed by atoms with Crippen molar-refractivity contribution in [1.29, 1.82) is 0 Å². The Balaban J connectivity index is 1.31. The Morgan fingerprint density at radius 2 is 0.946 bits per heavy atom. The number of para-hydroxylation sites is 1. The van der Waals surface area contributed by atoms with Crippen LogP contribution in [0.25, 0.3) is 76.8 Å². The number of nitrogens with zero attached hydrogens (tertiary/aromatic N) is 2. The third-order valence-corrected chi connectivity index (χ3v) is 7.35. The van der Waals surface area contributed by atoms with Crippen LogP contribution in [0.1, 0.15) is 0 Å². The second-order valence-electron chi connectivity index (χ2n) is 9.45. The van der Waals surface area contributed by atoms with Crippen LogP contribution in [0, 0.1) is 0 Å². The van der Waals surface area contributed by atoms with E-state index in [1.807, 2.05) is 12.1 Å². The summed E-state index contributed by atoms with van der Waals surface area (Å²) in [7, 11) is 0. The van der Waals surface area contributed by atoms with Crippen LogP contribution in [0.3, 0.4) is 0 Å². The Bertz CT molecular complexity index is 2120. The predicted molar refractivity (Wildman–Crippen MR) is 153 cm³/mol. The molecular weight excluding hydrogens is 452 g/mol. The molecule has 0 atom stereocenters. The first-order valence-electron chi connectivity index (χ1n) is 12.4. The Morgan fingerprint density at radius 3 is 1.73 bits per heavy atom. The Hall–Kier alpha value is -5.02. The molecule has 0 fully saturated rings. The van der Waals surface area contributed by atoms with Crippen LogP contribution < -0.4 is 0 Å². The van der Waals surface area contributed by atoms with Crippen molar-refractivity contribution in [3.8, 4) is 22.3 Å². The fraction of sp³-hybridized carbons (Fsp3) is 0. The first-order valence-corrected chi connectivity index (χ1v) is 12.4. The zero-order valence-corrected chi connectivity index (χ0v) is 19.8. The van der Waals surface area contributed by atoms with Crippen molar-refractivity contribution in [2.75, 3.05) is 0 Å². The molecule has 3 nitrogen and oxygen atoms in total. The number of hydrogen-bond acceptors (Lipinski definition) is 3. The van der Waals surface area contributed by atoms with Gasteiger partial charge in [-0.25, -0.2) is 0 Å². The summed E-state index contributed by atoms with van der Waals surface area (Å²) in [5.74, 6) is 0. The molecule has 0 radical (unpaired) electrons. The molecule has 0 N–H and O–H groups in total. The highest BCUT2D eigenvalue weighted by Gasteiger charge is 2.12. The number of aromatic nitrogens is 2. The SMILES string of the molecule is c1cc(-c2ccc3oc4ccccc4c3c2)cc(-c2ccc3c(c2)c2ccccc2c2nccnc32)c1. The Kier molecular flexibility index (Phi) is 4.23. The lowest BCUT2D eigenvalue weighted by atomic mass is 9.94. The van der Waals surface area contributed by atoms with E-state index in [2.05, 4.69) is 107 Å². The Labute approximate surface area is 212 Å². The highest BCUT2D eigenvalue weighted by atomic mass is 16.3. The van der Waals surface area contributed by atoms with Gasteiger partial charge in [0.15, 0.2) is 0 Å². The molecule has 2 aromatic heterocycles. The van der Waals surface area contributed by atoms with Crippen LogP contribution in [0.15, 0.2) is 126 Å². The van der Waals surface area contributed by atoms with E-state index in [9.17, 15) is 0 Å². The van der Waals surface area contributed by atoms with Crippen molar-refractivity contribution < 1.29 is 4.42 Å². The molecule has 8 aromatic rings. The zero-order valence-electron chi connectivity index (χ0n) is 19.8. The van der Waals surface area contributed by atoms with E-state index in [1.165, 1.54) is 33.0 Å². The maximum absolute atomic E-state index is 6.03. The molecule has 0 saturated carbocycles. The molecule has 172 valence electrons. The van der Waals surface area contributed by atoms with Crippen molar-refractivity contribution in [2.24, 2.45) is 0 Å². The standard InChI is InChI=1S/C34H20N2O/c1-2-10-27-25(8-1)29-19-23(12-14-28(29)34-33(27)35-16-17-36-34)21-6-5-7-22(18-21)24-13-15-32-30(20-24)26-9-3-4-11-31(26)37-32/h1-20H. The van der Waals surface area contributed by atoms with E-state index in [-0.39, 0.29) is 0 Å². The molecule has 2 heterocycles. The summed E-state index contributed by atoms with van der Waals surface area (Å²) in [5.41, 5.74) is 8.44. The lowest BCUT2D eigenvalue weighted by molar-refractivity contribution is 0.669. The number of hydrogen-bond donors (Lipinski definition) is 0. The van der Waals surface area contributed by atoms with Crippen LogP contribution in [0.5, 0.6) is 0 Å². The number of benzene rings is 6. The Morgan fingerprint density at radius 1 is 0.378 bits per heavy atom. The maximum Gasteiger partial charge on any atom is 0.135 e. The molecule has 0 bridgehead atoms. The van der Waals surface area contributed by atoms with Gasteiger partial charge in [-0.3, -0.25) is 9.97 Å². The average Bonchev–Trinajstić information content (AvgIpc) is 3.35. The van der Waals surface area contributed by atoms with Gasteiger partial charge in [0.2, 0.25) is 0 Å². The lowest BCUT2D eigenvalue weighted by Crippen LogP contribution is -1.89. The minimum absolute atomic E-state index is 0.915. The van der Waals surface area contributed by atoms with Gasteiger partial charge >= 0.3 is 0 Å². The van der Waals surface area contributed by atoms with Gasteiger partial charge < -0.3 is 4.42 Å². The molecule has 6 aromatic carbocycles. The molecule has 0 unspecified atom stereocenters. The molecule has 3 heteroatoms. The van der Waals surface area contributed by atoms with Gasteiger partial charge in [-0.1, -0.05) is 78.9 Å². The molecule has 0 aliphatic heterocycles. The van der Waals surface area contributed by atoms with Crippen molar-refractivity contribution in [3.63, 3.8) is 0 Å². The van der Waals surface area contributed by atoms with Gasteiger partial charge in [-0.2, -0.15) is 0 Å². The first-order chi connectivity index (χ1) is 18.3. The van der Waals surface area contributed by atoms with E-state index in [0.29, 0.717) is 0 Å². The monoisotopic (exact) mass is 472 g/mol. The molecule has 0 saturated heterocycles. The highest BCUT2D eigenvalue weighted by Crippen LogP contribution is 2.37. The summed E-state index contributed by atoms with van der Waals surface area (Å²) in [4.78, 5) is 9.34. The maximum atomic E-state index is 6.03. The smallest absolute Gasteiger partial charge is 0.135 e. The van der Waals surface area contributed by atoms with Crippen LogP contribution in [-0.4, -0.2) is 9.97 Å². The van der Waals surface area contributed by atoms with Gasteiger partial charge in [-0.15, -0.1) is 0 Å². The summed E-state index contributed by atoms with van der Waals surface area (Å²) in [6, 6.07) is 38.6. The minimum Gasteiger partial charge on any atom is -0.456 e. The summed E-state index contributed by atoms with van der Waals surface area (Å²) in [5, 5.41) is 6.93. The predicted octanol–water partition coefficient (Wildman–Crippen LogP) is 9.17. The molecule has 0 spiro atoms. The third kappa shape index (κ3) is 3.08. The van der Waals surface area contributed by atoms with Crippen molar-refractivity contribution in [3.05, 3.63) is 122 Å². The summed E-state index contributed by atoms with van der Waals surface area (Å²) >= 11 is 0. The molecule has 0 aliphatic rings. The van der Waals surface area contributed by atoms with Crippen LogP contribution in [0.4, 0.5) is 0 Å². The van der Waals surface area contributed by atoms with Crippen LogP contribution in [-0.2, 0) is 0 Å². The quantitative estimate of drug-likeness (QED) is 0.235. The van der Waals surface area contributed by atoms with E-state index in [4.69, 9.17) is 4.42 Å². The molecule has 37 heavy (non-hydrogen) atoms. The molecule has 0 amide bonds. The number of rotatable bonds is 2. The van der Waals surface area contributed by atoms with E-state index < -0.39 is 0 Å². The van der Waals surface area contributed by atoms with Crippen molar-refractivity contribution in [2.45, 2.75) is 0 Å². The topological polar surface area (TPSA) is 38.9 Å². The second kappa shape index (κ2) is 7.74.